The molecule has 0 aliphatic heterocycles. The standard InChI is InChI=1S/C40H23N3OS/c1-2-11-24(12-3-1)37-39-38(29-17-5-8-19-34(29)44-39)42-40(41-37)25-13-10-14-26(21-25)43-32-18-7-4-15-27(32)30-23-36-31(22-33(30)43)28-16-6-9-20-35(28)45-36/h1-23H. The molecule has 4 heterocycles. The van der Waals surface area contributed by atoms with Crippen molar-refractivity contribution < 1.29 is 4.42 Å². The van der Waals surface area contributed by atoms with E-state index < -0.39 is 0 Å². The highest BCUT2D eigenvalue weighted by atomic mass is 32.1. The van der Waals surface area contributed by atoms with Crippen LogP contribution < -0.4 is 0 Å². The smallest absolute Gasteiger partial charge is 0.180 e. The van der Waals surface area contributed by atoms with Gasteiger partial charge in [0.25, 0.3) is 0 Å². The molecule has 10 rings (SSSR count). The highest BCUT2D eigenvalue weighted by Crippen LogP contribution is 2.41. The van der Waals surface area contributed by atoms with E-state index in [1.165, 1.54) is 42.0 Å². The Morgan fingerprint density at radius 3 is 2.18 bits per heavy atom. The van der Waals surface area contributed by atoms with Gasteiger partial charge in [0.2, 0.25) is 0 Å². The summed E-state index contributed by atoms with van der Waals surface area (Å²) in [7, 11) is 0. The Hall–Kier alpha value is -5.78. The van der Waals surface area contributed by atoms with Gasteiger partial charge in [0.05, 0.1) is 11.0 Å². The van der Waals surface area contributed by atoms with Crippen molar-refractivity contribution in [3.63, 3.8) is 0 Å². The van der Waals surface area contributed by atoms with Crippen LogP contribution in [0, 0.1) is 0 Å². The van der Waals surface area contributed by atoms with E-state index in [1.807, 2.05) is 47.7 Å². The lowest BCUT2D eigenvalue weighted by atomic mass is 10.1. The molecular weight excluding hydrogens is 571 g/mol. The molecule has 45 heavy (non-hydrogen) atoms. The van der Waals surface area contributed by atoms with Gasteiger partial charge < -0.3 is 8.98 Å². The van der Waals surface area contributed by atoms with Crippen LogP contribution in [0.25, 0.3) is 92.4 Å². The van der Waals surface area contributed by atoms with Gasteiger partial charge in [-0.1, -0.05) is 91.0 Å². The first-order valence-electron chi connectivity index (χ1n) is 15.0. The topological polar surface area (TPSA) is 43.9 Å². The number of rotatable bonds is 3. The number of fused-ring (bicyclic) bond motifs is 9. The van der Waals surface area contributed by atoms with Crippen molar-refractivity contribution in [3.8, 4) is 28.3 Å². The maximum atomic E-state index is 6.34. The molecule has 0 radical (unpaired) electrons. The molecule has 210 valence electrons. The summed E-state index contributed by atoms with van der Waals surface area (Å²) in [4.78, 5) is 10.3. The Balaban J connectivity index is 1.24. The van der Waals surface area contributed by atoms with E-state index >= 15 is 0 Å². The lowest BCUT2D eigenvalue weighted by molar-refractivity contribution is 0.667. The normalized spacial score (nSPS) is 12.0. The minimum atomic E-state index is 0.668. The Kier molecular flexibility index (Phi) is 5.12. The van der Waals surface area contributed by atoms with Gasteiger partial charge in [0.15, 0.2) is 11.4 Å². The Morgan fingerprint density at radius 2 is 1.27 bits per heavy atom. The monoisotopic (exact) mass is 593 g/mol. The van der Waals surface area contributed by atoms with E-state index in [9.17, 15) is 0 Å². The maximum Gasteiger partial charge on any atom is 0.180 e. The molecule has 0 amide bonds. The molecule has 0 aliphatic carbocycles. The molecule has 6 aromatic carbocycles. The zero-order valence-electron chi connectivity index (χ0n) is 23.9. The fourth-order valence-electron chi connectivity index (χ4n) is 6.76. The predicted molar refractivity (Wildman–Crippen MR) is 187 cm³/mol. The molecule has 0 N–H and O–H groups in total. The molecule has 0 atom stereocenters. The van der Waals surface area contributed by atoms with Gasteiger partial charge in [0.1, 0.15) is 16.8 Å². The zero-order chi connectivity index (χ0) is 29.5. The van der Waals surface area contributed by atoms with E-state index in [0.29, 0.717) is 11.4 Å². The maximum absolute atomic E-state index is 6.34. The summed E-state index contributed by atoms with van der Waals surface area (Å²) >= 11 is 1.86. The second-order valence-corrected chi connectivity index (χ2v) is 12.5. The molecule has 4 nitrogen and oxygen atoms in total. The van der Waals surface area contributed by atoms with Crippen LogP contribution >= 0.6 is 11.3 Å². The third-order valence-electron chi connectivity index (χ3n) is 8.80. The highest BCUT2D eigenvalue weighted by Gasteiger charge is 2.19. The Bertz CT molecular complexity index is 2770. The van der Waals surface area contributed by atoms with Crippen LogP contribution in [0.4, 0.5) is 0 Å². The van der Waals surface area contributed by atoms with E-state index in [1.54, 1.807) is 0 Å². The molecule has 0 bridgehead atoms. The zero-order valence-corrected chi connectivity index (χ0v) is 24.8. The minimum absolute atomic E-state index is 0.668. The molecule has 0 fully saturated rings. The molecule has 5 heteroatoms. The first-order valence-corrected chi connectivity index (χ1v) is 15.8. The number of furan rings is 1. The van der Waals surface area contributed by atoms with Gasteiger partial charge in [-0.15, -0.1) is 11.3 Å². The number of hydrogen-bond acceptors (Lipinski definition) is 4. The quantitative estimate of drug-likeness (QED) is 0.205. The van der Waals surface area contributed by atoms with Gasteiger partial charge in [-0.25, -0.2) is 9.97 Å². The van der Waals surface area contributed by atoms with Crippen molar-refractivity contribution in [3.05, 3.63) is 140 Å². The average molecular weight is 594 g/mol. The first-order chi connectivity index (χ1) is 22.3. The first kappa shape index (κ1) is 24.6. The van der Waals surface area contributed by atoms with Crippen molar-refractivity contribution >= 4 is 75.4 Å². The molecule has 0 unspecified atom stereocenters. The van der Waals surface area contributed by atoms with Crippen molar-refractivity contribution in [2.24, 2.45) is 0 Å². The molecule has 0 aliphatic rings. The van der Waals surface area contributed by atoms with Crippen LogP contribution in [0.5, 0.6) is 0 Å². The van der Waals surface area contributed by atoms with Crippen molar-refractivity contribution in [2.75, 3.05) is 0 Å². The summed E-state index contributed by atoms with van der Waals surface area (Å²) in [5, 5.41) is 6.07. The van der Waals surface area contributed by atoms with Gasteiger partial charge in [0, 0.05) is 53.1 Å². The second-order valence-electron chi connectivity index (χ2n) is 11.4. The van der Waals surface area contributed by atoms with Crippen molar-refractivity contribution in [1.29, 1.82) is 0 Å². The minimum Gasteiger partial charge on any atom is -0.452 e. The fourth-order valence-corrected chi connectivity index (χ4v) is 7.89. The number of hydrogen-bond donors (Lipinski definition) is 0. The van der Waals surface area contributed by atoms with Crippen LogP contribution in [0.3, 0.4) is 0 Å². The van der Waals surface area contributed by atoms with Crippen LogP contribution in [0.15, 0.2) is 144 Å². The Morgan fingerprint density at radius 1 is 0.511 bits per heavy atom. The summed E-state index contributed by atoms with van der Waals surface area (Å²) in [6.07, 6.45) is 0. The van der Waals surface area contributed by atoms with E-state index in [4.69, 9.17) is 14.4 Å². The lowest BCUT2D eigenvalue weighted by Crippen LogP contribution is -1.97. The summed E-state index contributed by atoms with van der Waals surface area (Å²) < 4.78 is 11.3. The van der Waals surface area contributed by atoms with Crippen molar-refractivity contribution in [1.82, 2.24) is 14.5 Å². The van der Waals surface area contributed by atoms with E-state index in [0.717, 1.165) is 39.0 Å². The van der Waals surface area contributed by atoms with E-state index in [2.05, 4.69) is 108 Å². The number of benzene rings is 6. The van der Waals surface area contributed by atoms with E-state index in [-0.39, 0.29) is 0 Å². The molecule has 0 saturated carbocycles. The molecule has 4 aromatic heterocycles. The third kappa shape index (κ3) is 3.65. The highest BCUT2D eigenvalue weighted by molar-refractivity contribution is 7.25. The largest absolute Gasteiger partial charge is 0.452 e. The summed E-state index contributed by atoms with van der Waals surface area (Å²) in [5.74, 6) is 0.668. The predicted octanol–water partition coefficient (Wildman–Crippen LogP) is 11.2. The number of nitrogens with zero attached hydrogens (tertiary/aromatic N) is 3. The number of para-hydroxylation sites is 2. The van der Waals surface area contributed by atoms with Gasteiger partial charge in [-0.3, -0.25) is 0 Å². The second kappa shape index (κ2) is 9.36. The lowest BCUT2D eigenvalue weighted by Gasteiger charge is -2.11. The number of thiophene rings is 1. The SMILES string of the molecule is c1ccc(-c2nc(-c3cccc(-n4c5ccccc5c5cc6sc7ccccc7c6cc54)c3)nc3c2oc2ccccc23)cc1. The van der Waals surface area contributed by atoms with Crippen molar-refractivity contribution in [2.45, 2.75) is 0 Å². The summed E-state index contributed by atoms with van der Waals surface area (Å²) in [6, 6.07) is 49.0. The Labute approximate surface area is 261 Å². The fraction of sp³-hybridized carbons (Fsp3) is 0. The molecule has 0 saturated heterocycles. The van der Waals surface area contributed by atoms with Crippen LogP contribution in [-0.2, 0) is 0 Å². The van der Waals surface area contributed by atoms with Gasteiger partial charge in [-0.05, 0) is 48.5 Å². The molecular formula is C40H23N3OS. The number of aromatic nitrogens is 3. The third-order valence-corrected chi connectivity index (χ3v) is 9.93. The average Bonchev–Trinajstić information content (AvgIpc) is 3.76. The summed E-state index contributed by atoms with van der Waals surface area (Å²) in [5.41, 5.74) is 8.50. The molecule has 0 spiro atoms. The molecule has 10 aromatic rings. The van der Waals surface area contributed by atoms with Gasteiger partial charge >= 0.3 is 0 Å². The van der Waals surface area contributed by atoms with Crippen LogP contribution in [-0.4, -0.2) is 14.5 Å². The van der Waals surface area contributed by atoms with Crippen LogP contribution in [0.1, 0.15) is 0 Å². The summed E-state index contributed by atoms with van der Waals surface area (Å²) in [6.45, 7) is 0. The van der Waals surface area contributed by atoms with Crippen LogP contribution in [0.2, 0.25) is 0 Å². The van der Waals surface area contributed by atoms with Gasteiger partial charge in [-0.2, -0.15) is 0 Å².